The monoisotopic (exact) mass is 332 g/mol. The number of H-pyrrole nitrogens is 1. The Labute approximate surface area is 138 Å². The maximum Gasteiger partial charge on any atom is 0.411 e. The predicted octanol–water partition coefficient (Wildman–Crippen LogP) is 3.53. The lowest BCUT2D eigenvalue weighted by Crippen LogP contribution is -2.44. The van der Waals surface area contributed by atoms with Gasteiger partial charge in [0.25, 0.3) is 0 Å². The molecular weight excluding hydrogens is 312 g/mol. The van der Waals surface area contributed by atoms with Crippen LogP contribution in [0.15, 0.2) is 10.9 Å². The van der Waals surface area contributed by atoms with E-state index in [1.807, 2.05) is 36.6 Å². The molecule has 1 saturated heterocycles. The number of nitrogens with one attached hydrogen (secondary N) is 1. The van der Waals surface area contributed by atoms with E-state index < -0.39 is 5.60 Å². The molecule has 2 aromatic heterocycles. The maximum absolute atomic E-state index is 12.7. The van der Waals surface area contributed by atoms with Crippen LogP contribution in [0.4, 0.5) is 4.79 Å². The van der Waals surface area contributed by atoms with Gasteiger partial charge >= 0.3 is 6.09 Å². The minimum absolute atomic E-state index is 0.0362. The van der Waals surface area contributed by atoms with Crippen LogP contribution in [0, 0.1) is 0 Å². The Morgan fingerprint density at radius 1 is 1.43 bits per heavy atom. The van der Waals surface area contributed by atoms with Gasteiger partial charge in [-0.2, -0.15) is 5.10 Å². The average Bonchev–Trinajstić information content (AvgIpc) is 3.15. The van der Waals surface area contributed by atoms with Crippen LogP contribution < -0.4 is 0 Å². The molecule has 0 saturated carbocycles. The van der Waals surface area contributed by atoms with E-state index in [1.54, 1.807) is 11.3 Å². The van der Waals surface area contributed by atoms with Gasteiger partial charge < -0.3 is 4.74 Å². The van der Waals surface area contributed by atoms with E-state index in [9.17, 15) is 4.79 Å². The lowest BCUT2D eigenvalue weighted by molar-refractivity contribution is 0.0124. The number of nitrogens with zero attached hydrogens (tertiary/aromatic N) is 3. The number of amides is 1. The molecule has 0 unspecified atom stereocenters. The van der Waals surface area contributed by atoms with E-state index in [0.717, 1.165) is 41.9 Å². The second-order valence-electron chi connectivity index (χ2n) is 7.18. The minimum Gasteiger partial charge on any atom is -0.444 e. The summed E-state index contributed by atoms with van der Waals surface area (Å²) in [4.78, 5) is 19.0. The molecule has 122 valence electrons. The van der Waals surface area contributed by atoms with Crippen molar-refractivity contribution in [1.29, 1.82) is 0 Å². The van der Waals surface area contributed by atoms with Crippen LogP contribution in [0.3, 0.4) is 0 Å². The van der Waals surface area contributed by atoms with Crippen LogP contribution in [0.2, 0.25) is 0 Å². The Hall–Kier alpha value is -1.89. The van der Waals surface area contributed by atoms with E-state index in [-0.39, 0.29) is 18.2 Å². The topological polar surface area (TPSA) is 71.1 Å². The Morgan fingerprint density at radius 3 is 2.96 bits per heavy atom. The molecule has 2 aliphatic rings. The first-order valence-electron chi connectivity index (χ1n) is 7.91. The second-order valence-corrected chi connectivity index (χ2v) is 7.90. The first-order chi connectivity index (χ1) is 10.9. The number of rotatable bonds is 1. The molecular formula is C16H20N4O2S. The zero-order valence-corrected chi connectivity index (χ0v) is 14.3. The number of thiazole rings is 1. The molecule has 2 atom stereocenters. The average molecular weight is 332 g/mol. The number of fused-ring (bicyclic) bond motifs is 4. The van der Waals surface area contributed by atoms with E-state index in [2.05, 4.69) is 15.2 Å². The highest BCUT2D eigenvalue weighted by molar-refractivity contribution is 7.07. The Morgan fingerprint density at radius 2 is 2.26 bits per heavy atom. The number of ether oxygens (including phenoxy) is 1. The second kappa shape index (κ2) is 5.06. The molecule has 2 aliphatic heterocycles. The van der Waals surface area contributed by atoms with Gasteiger partial charge in [0.05, 0.1) is 11.6 Å². The van der Waals surface area contributed by atoms with Gasteiger partial charge in [-0.25, -0.2) is 9.78 Å². The third-order valence-corrected chi connectivity index (χ3v) is 5.02. The van der Waals surface area contributed by atoms with Gasteiger partial charge in [0.2, 0.25) is 0 Å². The molecule has 6 nitrogen and oxygen atoms in total. The quantitative estimate of drug-likeness (QED) is 0.867. The molecule has 0 aromatic carbocycles. The predicted molar refractivity (Wildman–Crippen MR) is 87.2 cm³/mol. The van der Waals surface area contributed by atoms with Crippen LogP contribution in [-0.2, 0) is 11.2 Å². The fourth-order valence-electron chi connectivity index (χ4n) is 3.62. The van der Waals surface area contributed by atoms with Gasteiger partial charge in [0, 0.05) is 29.1 Å². The molecule has 1 fully saturated rings. The molecule has 1 amide bonds. The third kappa shape index (κ3) is 2.43. The first kappa shape index (κ1) is 14.7. The number of hydrogen-bond donors (Lipinski definition) is 1. The van der Waals surface area contributed by atoms with Crippen LogP contribution in [-0.4, -0.2) is 37.8 Å². The normalized spacial score (nSPS) is 23.0. The molecule has 4 heterocycles. The van der Waals surface area contributed by atoms with Gasteiger partial charge in [0.1, 0.15) is 17.0 Å². The molecule has 2 aromatic rings. The molecule has 0 aliphatic carbocycles. The van der Waals surface area contributed by atoms with Crippen molar-refractivity contribution in [1.82, 2.24) is 20.1 Å². The van der Waals surface area contributed by atoms with E-state index in [0.29, 0.717) is 0 Å². The van der Waals surface area contributed by atoms with E-state index in [1.165, 1.54) is 0 Å². The van der Waals surface area contributed by atoms with Crippen molar-refractivity contribution in [3.63, 3.8) is 0 Å². The summed E-state index contributed by atoms with van der Waals surface area (Å²) in [5.74, 6) is 0. The van der Waals surface area contributed by atoms with Crippen molar-refractivity contribution in [2.45, 2.75) is 57.7 Å². The number of hydrogen-bond acceptors (Lipinski definition) is 5. The van der Waals surface area contributed by atoms with Crippen LogP contribution >= 0.6 is 11.3 Å². The molecule has 0 spiro atoms. The smallest absolute Gasteiger partial charge is 0.411 e. The van der Waals surface area contributed by atoms with Crippen LogP contribution in [0.1, 0.15) is 50.9 Å². The third-order valence-electron chi connectivity index (χ3n) is 4.44. The summed E-state index contributed by atoms with van der Waals surface area (Å²) in [6.07, 6.45) is 2.54. The number of carbonyl (C=O) groups excluding carboxylic acids is 1. The lowest BCUT2D eigenvalue weighted by Gasteiger charge is -2.36. The Bertz CT molecular complexity index is 732. The first-order valence-corrected chi connectivity index (χ1v) is 8.85. The summed E-state index contributed by atoms with van der Waals surface area (Å²) >= 11 is 1.55. The molecule has 23 heavy (non-hydrogen) atoms. The SMILES string of the molecule is CC(C)(C)OC(=O)N1[C@@H]2CC[C@H]1c1c(-c3cscn3)n[nH]c1C2. The van der Waals surface area contributed by atoms with E-state index >= 15 is 0 Å². The zero-order valence-electron chi connectivity index (χ0n) is 13.5. The van der Waals surface area contributed by atoms with Gasteiger partial charge in [-0.3, -0.25) is 10.00 Å². The van der Waals surface area contributed by atoms with Crippen molar-refractivity contribution < 1.29 is 9.53 Å². The van der Waals surface area contributed by atoms with Crippen LogP contribution in [0.5, 0.6) is 0 Å². The summed E-state index contributed by atoms with van der Waals surface area (Å²) in [5, 5.41) is 9.62. The van der Waals surface area contributed by atoms with Gasteiger partial charge in [-0.05, 0) is 33.6 Å². The van der Waals surface area contributed by atoms with Crippen molar-refractivity contribution in [2.75, 3.05) is 0 Å². The summed E-state index contributed by atoms with van der Waals surface area (Å²) < 4.78 is 5.62. The van der Waals surface area contributed by atoms with Crippen molar-refractivity contribution in [2.24, 2.45) is 0 Å². The van der Waals surface area contributed by atoms with Gasteiger partial charge in [-0.1, -0.05) is 0 Å². The number of aromatic nitrogens is 3. The Kier molecular flexibility index (Phi) is 3.23. The molecule has 2 bridgehead atoms. The number of carbonyl (C=O) groups is 1. The maximum atomic E-state index is 12.7. The fraction of sp³-hybridized carbons (Fsp3) is 0.562. The molecule has 7 heteroatoms. The Balaban J connectivity index is 1.71. The highest BCUT2D eigenvalue weighted by atomic mass is 32.1. The minimum atomic E-state index is -0.481. The van der Waals surface area contributed by atoms with Crippen LogP contribution in [0.25, 0.3) is 11.4 Å². The van der Waals surface area contributed by atoms with Gasteiger partial charge in [-0.15, -0.1) is 11.3 Å². The fourth-order valence-corrected chi connectivity index (χ4v) is 4.16. The summed E-state index contributed by atoms with van der Waals surface area (Å²) in [7, 11) is 0. The number of aromatic amines is 1. The standard InChI is InChI=1S/C16H20N4O2S/c1-16(2,3)22-15(21)20-9-4-5-12(20)13-10(6-9)18-19-14(13)11-7-23-8-17-11/h7-9,12H,4-6H2,1-3H3,(H,18,19)/t9-,12+/m1/s1. The molecule has 4 rings (SSSR count). The largest absolute Gasteiger partial charge is 0.444 e. The zero-order chi connectivity index (χ0) is 16.2. The highest BCUT2D eigenvalue weighted by Crippen LogP contribution is 2.46. The summed E-state index contributed by atoms with van der Waals surface area (Å²) in [6.45, 7) is 5.71. The molecule has 0 radical (unpaired) electrons. The highest BCUT2D eigenvalue weighted by Gasteiger charge is 2.46. The van der Waals surface area contributed by atoms with Gasteiger partial charge in [0.15, 0.2) is 0 Å². The summed E-state index contributed by atoms with van der Waals surface area (Å²) in [5.41, 5.74) is 5.34. The molecule has 1 N–H and O–H groups in total. The van der Waals surface area contributed by atoms with E-state index in [4.69, 9.17) is 4.74 Å². The summed E-state index contributed by atoms with van der Waals surface area (Å²) in [6, 6.07) is 0.236. The van der Waals surface area contributed by atoms with Crippen molar-refractivity contribution in [3.8, 4) is 11.4 Å². The van der Waals surface area contributed by atoms with Crippen molar-refractivity contribution in [3.05, 3.63) is 22.1 Å². The lowest BCUT2D eigenvalue weighted by atomic mass is 9.97. The van der Waals surface area contributed by atoms with Crippen molar-refractivity contribution >= 4 is 17.4 Å².